The van der Waals surface area contributed by atoms with E-state index >= 15 is 0 Å². The monoisotopic (exact) mass is 460 g/mol. The molecule has 0 bridgehead atoms. The lowest BCUT2D eigenvalue weighted by Crippen LogP contribution is -2.24. The summed E-state index contributed by atoms with van der Waals surface area (Å²) in [6.45, 7) is 2.16. The number of aryl methyl sites for hydroxylation is 1. The predicted molar refractivity (Wildman–Crippen MR) is 129 cm³/mol. The van der Waals surface area contributed by atoms with Crippen LogP contribution in [0.3, 0.4) is 0 Å². The van der Waals surface area contributed by atoms with Crippen molar-refractivity contribution in [1.29, 1.82) is 5.41 Å². The fourth-order valence-electron chi connectivity index (χ4n) is 2.87. The Morgan fingerprint density at radius 1 is 1.19 bits per heavy atom. The van der Waals surface area contributed by atoms with Crippen LogP contribution in [0.4, 0.5) is 0 Å². The van der Waals surface area contributed by atoms with Gasteiger partial charge in [0.15, 0.2) is 0 Å². The number of sulfonamides is 1. The molecule has 9 heteroatoms. The quantitative estimate of drug-likeness (QED) is 0.468. The van der Waals surface area contributed by atoms with E-state index in [9.17, 15) is 13.5 Å². The molecule has 3 N–H and O–H groups in total. The number of nitrogens with zero attached hydrogens (tertiary/aromatic N) is 2. The molecule has 0 radical (unpaired) electrons. The van der Waals surface area contributed by atoms with Gasteiger partial charge >= 0.3 is 0 Å². The van der Waals surface area contributed by atoms with E-state index in [1.54, 1.807) is 62.9 Å². The molecule has 0 saturated carbocycles. The fraction of sp³-hybridized carbons (Fsp3) is 0.304. The van der Waals surface area contributed by atoms with Gasteiger partial charge in [0.05, 0.1) is 10.6 Å². The maximum absolute atomic E-state index is 12.9. The number of hydrogen-bond donors (Lipinski definition) is 3. The van der Waals surface area contributed by atoms with Crippen molar-refractivity contribution in [3.05, 3.63) is 71.4 Å². The van der Waals surface area contributed by atoms with Gasteiger partial charge < -0.3 is 15.2 Å². The third-order valence-electron chi connectivity index (χ3n) is 4.11. The SMILES string of the molecule is CNC.COC.Cc1cccc(S(=O)(=O)N2C=C(C(=NC=N)c3cccc(O)c3)CC2)c1. The van der Waals surface area contributed by atoms with Gasteiger partial charge in [-0.3, -0.25) is 9.71 Å². The summed E-state index contributed by atoms with van der Waals surface area (Å²) in [5, 5.41) is 19.7. The molecule has 8 nitrogen and oxygen atoms in total. The largest absolute Gasteiger partial charge is 0.508 e. The van der Waals surface area contributed by atoms with E-state index < -0.39 is 10.0 Å². The van der Waals surface area contributed by atoms with Gasteiger partial charge in [-0.15, -0.1) is 0 Å². The zero-order chi connectivity index (χ0) is 24.1. The summed E-state index contributed by atoms with van der Waals surface area (Å²) in [6, 6.07) is 13.3. The molecule has 0 saturated heterocycles. The van der Waals surface area contributed by atoms with Crippen LogP contribution >= 0.6 is 0 Å². The lowest BCUT2D eigenvalue weighted by Gasteiger charge is -2.16. The number of nitrogens with one attached hydrogen (secondary N) is 2. The Bertz CT molecular complexity index is 1050. The van der Waals surface area contributed by atoms with Crippen molar-refractivity contribution in [2.75, 3.05) is 34.9 Å². The maximum atomic E-state index is 12.9. The third-order valence-corrected chi connectivity index (χ3v) is 5.87. The number of aromatic hydroxyl groups is 1. The molecule has 0 amide bonds. The molecular formula is C23H32N4O4S. The highest BCUT2D eigenvalue weighted by Crippen LogP contribution is 2.27. The van der Waals surface area contributed by atoms with Crippen molar-refractivity contribution < 1.29 is 18.3 Å². The molecule has 0 fully saturated rings. The molecule has 0 unspecified atom stereocenters. The Hall–Kier alpha value is -3.01. The zero-order valence-corrected chi connectivity index (χ0v) is 20.0. The third kappa shape index (κ3) is 7.60. The topological polar surface area (TPSA) is 115 Å². The van der Waals surface area contributed by atoms with Crippen LogP contribution in [-0.4, -0.2) is 64.7 Å². The van der Waals surface area contributed by atoms with Crippen LogP contribution in [0, 0.1) is 12.3 Å². The molecule has 174 valence electrons. The second kappa shape index (κ2) is 13.4. The highest BCUT2D eigenvalue weighted by molar-refractivity contribution is 7.89. The number of methoxy groups -OCH3 is 1. The van der Waals surface area contributed by atoms with Crippen LogP contribution in [0.25, 0.3) is 0 Å². The number of phenolic OH excluding ortho intramolecular Hbond substituents is 1. The molecule has 1 aliphatic rings. The Morgan fingerprint density at radius 3 is 2.38 bits per heavy atom. The summed E-state index contributed by atoms with van der Waals surface area (Å²) in [6.07, 6.45) is 2.95. The van der Waals surface area contributed by atoms with Crippen LogP contribution in [-0.2, 0) is 14.8 Å². The van der Waals surface area contributed by atoms with E-state index in [1.165, 1.54) is 4.31 Å². The van der Waals surface area contributed by atoms with E-state index in [0.29, 0.717) is 29.8 Å². The second-order valence-corrected chi connectivity index (χ2v) is 8.79. The van der Waals surface area contributed by atoms with E-state index in [-0.39, 0.29) is 10.6 Å². The number of ether oxygens (including phenoxy) is 1. The van der Waals surface area contributed by atoms with E-state index in [1.807, 2.05) is 27.1 Å². The molecule has 0 atom stereocenters. The first-order valence-electron chi connectivity index (χ1n) is 9.89. The van der Waals surface area contributed by atoms with Crippen molar-refractivity contribution in [3.8, 4) is 5.75 Å². The second-order valence-electron chi connectivity index (χ2n) is 6.90. The Kier molecular flexibility index (Phi) is 11.3. The molecule has 1 aliphatic heterocycles. The van der Waals surface area contributed by atoms with E-state index in [4.69, 9.17) is 5.41 Å². The predicted octanol–water partition coefficient (Wildman–Crippen LogP) is 3.17. The van der Waals surface area contributed by atoms with Gasteiger partial charge in [-0.1, -0.05) is 24.3 Å². The lowest BCUT2D eigenvalue weighted by molar-refractivity contribution is 0.277. The smallest absolute Gasteiger partial charge is 0.263 e. The number of aliphatic imine (C=N–C) groups is 1. The molecule has 2 aromatic carbocycles. The number of hydrogen-bond acceptors (Lipinski definition) is 6. The van der Waals surface area contributed by atoms with Gasteiger partial charge in [0, 0.05) is 32.5 Å². The van der Waals surface area contributed by atoms with Crippen LogP contribution in [0.2, 0.25) is 0 Å². The molecular weight excluding hydrogens is 428 g/mol. The van der Waals surface area contributed by atoms with Crippen molar-refractivity contribution >= 4 is 22.1 Å². The Labute approximate surface area is 190 Å². The van der Waals surface area contributed by atoms with Gasteiger partial charge in [-0.2, -0.15) is 0 Å². The summed E-state index contributed by atoms with van der Waals surface area (Å²) < 4.78 is 31.3. The van der Waals surface area contributed by atoms with Crippen LogP contribution in [0.1, 0.15) is 17.5 Å². The lowest BCUT2D eigenvalue weighted by atomic mass is 10.0. The number of benzene rings is 2. The van der Waals surface area contributed by atoms with Gasteiger partial charge in [0.25, 0.3) is 10.0 Å². The molecule has 0 spiro atoms. The minimum absolute atomic E-state index is 0.0861. The molecule has 2 aromatic rings. The van der Waals surface area contributed by atoms with Gasteiger partial charge in [0.2, 0.25) is 0 Å². The average Bonchev–Trinajstić information content (AvgIpc) is 3.24. The molecule has 32 heavy (non-hydrogen) atoms. The molecule has 3 rings (SSSR count). The van der Waals surface area contributed by atoms with E-state index in [0.717, 1.165) is 11.9 Å². The van der Waals surface area contributed by atoms with Crippen molar-refractivity contribution in [2.24, 2.45) is 4.99 Å². The average molecular weight is 461 g/mol. The van der Waals surface area contributed by atoms with Crippen LogP contribution < -0.4 is 5.32 Å². The summed E-state index contributed by atoms with van der Waals surface area (Å²) in [5.41, 5.74) is 2.70. The maximum Gasteiger partial charge on any atom is 0.263 e. The molecule has 0 aromatic heterocycles. The fourth-order valence-corrected chi connectivity index (χ4v) is 4.33. The summed E-state index contributed by atoms with van der Waals surface area (Å²) in [7, 11) is 3.36. The van der Waals surface area contributed by atoms with Crippen molar-refractivity contribution in [2.45, 2.75) is 18.2 Å². The number of rotatable bonds is 5. The first-order valence-corrected chi connectivity index (χ1v) is 11.3. The van der Waals surface area contributed by atoms with Crippen LogP contribution in [0.5, 0.6) is 5.75 Å². The minimum Gasteiger partial charge on any atom is -0.508 e. The first kappa shape index (κ1) is 27.0. The summed E-state index contributed by atoms with van der Waals surface area (Å²) in [5.74, 6) is 0.0861. The van der Waals surface area contributed by atoms with Crippen molar-refractivity contribution in [3.63, 3.8) is 0 Å². The normalized spacial score (nSPS) is 13.3. The Balaban J connectivity index is 0.000000769. The standard InChI is InChI=1S/C19H19N3O3S.C2H7N.C2H6O/c1-14-4-2-7-18(10-14)26(24,25)22-9-8-16(12-22)19(21-13-20)15-5-3-6-17(23)11-15;2*1-3-2/h2-7,10-13,20,23H,8-9H2,1H3;3H,1-2H3;1-2H3. The van der Waals surface area contributed by atoms with Gasteiger partial charge in [0.1, 0.15) is 12.1 Å². The van der Waals surface area contributed by atoms with Crippen LogP contribution in [0.15, 0.2) is 70.2 Å². The number of phenols is 1. The van der Waals surface area contributed by atoms with Crippen molar-refractivity contribution in [1.82, 2.24) is 9.62 Å². The molecule has 0 aliphatic carbocycles. The highest BCUT2D eigenvalue weighted by Gasteiger charge is 2.28. The Morgan fingerprint density at radius 2 is 1.81 bits per heavy atom. The zero-order valence-electron chi connectivity index (χ0n) is 19.2. The summed E-state index contributed by atoms with van der Waals surface area (Å²) in [4.78, 5) is 4.33. The summed E-state index contributed by atoms with van der Waals surface area (Å²) >= 11 is 0. The van der Waals surface area contributed by atoms with Gasteiger partial charge in [-0.05, 0) is 62.8 Å². The van der Waals surface area contributed by atoms with Gasteiger partial charge in [-0.25, -0.2) is 13.4 Å². The van der Waals surface area contributed by atoms with E-state index in [2.05, 4.69) is 15.0 Å². The molecule has 1 heterocycles. The first-order chi connectivity index (χ1) is 15.2. The highest BCUT2D eigenvalue weighted by atomic mass is 32.2. The minimum atomic E-state index is -3.64.